The highest BCUT2D eigenvalue weighted by molar-refractivity contribution is 5.18. The minimum atomic E-state index is 0.195. The van der Waals surface area contributed by atoms with Crippen molar-refractivity contribution in [2.75, 3.05) is 19.6 Å². The third-order valence-electron chi connectivity index (χ3n) is 4.16. The van der Waals surface area contributed by atoms with Gasteiger partial charge in [0.2, 0.25) is 0 Å². The van der Waals surface area contributed by atoms with Gasteiger partial charge in [-0.05, 0) is 43.2 Å². The summed E-state index contributed by atoms with van der Waals surface area (Å²) in [4.78, 5) is 2.62. The molecule has 19 heavy (non-hydrogen) atoms. The molecule has 1 saturated heterocycles. The van der Waals surface area contributed by atoms with Gasteiger partial charge in [0.1, 0.15) is 0 Å². The van der Waals surface area contributed by atoms with Gasteiger partial charge in [-0.25, -0.2) is 0 Å². The Bertz CT molecular complexity index is 353. The lowest BCUT2D eigenvalue weighted by Crippen LogP contribution is -2.39. The fourth-order valence-electron chi connectivity index (χ4n) is 3.38. The van der Waals surface area contributed by atoms with E-state index in [1.807, 2.05) is 6.07 Å². The van der Waals surface area contributed by atoms with Crippen LogP contribution < -0.4 is 5.73 Å². The van der Waals surface area contributed by atoms with Crippen molar-refractivity contribution in [1.29, 1.82) is 0 Å². The Morgan fingerprint density at radius 3 is 2.42 bits per heavy atom. The van der Waals surface area contributed by atoms with E-state index in [2.05, 4.69) is 43.0 Å². The first-order chi connectivity index (χ1) is 9.15. The van der Waals surface area contributed by atoms with Crippen LogP contribution in [0.2, 0.25) is 0 Å². The number of piperidine rings is 1. The van der Waals surface area contributed by atoms with Crippen LogP contribution in [0, 0.1) is 11.8 Å². The summed E-state index contributed by atoms with van der Waals surface area (Å²) in [5.74, 6) is 1.71. The van der Waals surface area contributed by atoms with Gasteiger partial charge in [0, 0.05) is 19.1 Å². The summed E-state index contributed by atoms with van der Waals surface area (Å²) in [6, 6.07) is 10.7. The van der Waals surface area contributed by atoms with Crippen LogP contribution in [0.25, 0.3) is 0 Å². The van der Waals surface area contributed by atoms with Crippen molar-refractivity contribution in [2.45, 2.75) is 39.2 Å². The van der Waals surface area contributed by atoms with Crippen LogP contribution >= 0.6 is 0 Å². The summed E-state index contributed by atoms with van der Waals surface area (Å²) in [6.45, 7) is 8.49. The summed E-state index contributed by atoms with van der Waals surface area (Å²) in [5.41, 5.74) is 7.51. The Hall–Kier alpha value is -0.860. The molecular weight excluding hydrogens is 232 g/mol. The lowest BCUT2D eigenvalue weighted by atomic mass is 9.91. The Balaban J connectivity index is 1.71. The molecule has 1 heterocycles. The normalized spacial score (nSPS) is 26.3. The predicted molar refractivity (Wildman–Crippen MR) is 82.0 cm³/mol. The van der Waals surface area contributed by atoms with Gasteiger partial charge in [-0.3, -0.25) is 0 Å². The number of likely N-dealkylation sites (tertiary alicyclic amines) is 1. The molecule has 3 atom stereocenters. The summed E-state index contributed by atoms with van der Waals surface area (Å²) in [7, 11) is 0. The molecule has 2 nitrogen and oxygen atoms in total. The van der Waals surface area contributed by atoms with Crippen molar-refractivity contribution in [2.24, 2.45) is 17.6 Å². The number of benzene rings is 1. The van der Waals surface area contributed by atoms with Gasteiger partial charge in [-0.2, -0.15) is 0 Å². The summed E-state index contributed by atoms with van der Waals surface area (Å²) >= 11 is 0. The molecule has 106 valence electrons. The number of hydrogen-bond donors (Lipinski definition) is 1. The van der Waals surface area contributed by atoms with E-state index in [1.165, 1.54) is 38.0 Å². The minimum Gasteiger partial charge on any atom is -0.324 e. The number of hydrogen-bond acceptors (Lipinski definition) is 2. The maximum absolute atomic E-state index is 6.25. The molecule has 0 saturated carbocycles. The Kier molecular flexibility index (Phi) is 5.41. The molecule has 2 heteroatoms. The Morgan fingerprint density at radius 1 is 1.16 bits per heavy atom. The van der Waals surface area contributed by atoms with E-state index in [4.69, 9.17) is 5.73 Å². The molecule has 0 radical (unpaired) electrons. The molecule has 1 aliphatic rings. The highest BCUT2D eigenvalue weighted by Crippen LogP contribution is 2.22. The molecule has 2 N–H and O–H groups in total. The molecule has 0 aliphatic carbocycles. The van der Waals surface area contributed by atoms with Crippen molar-refractivity contribution in [3.05, 3.63) is 35.9 Å². The van der Waals surface area contributed by atoms with Crippen molar-refractivity contribution in [1.82, 2.24) is 4.90 Å². The largest absolute Gasteiger partial charge is 0.324 e. The molecule has 0 aromatic heterocycles. The Labute approximate surface area is 118 Å². The van der Waals surface area contributed by atoms with Crippen LogP contribution in [-0.4, -0.2) is 24.5 Å². The van der Waals surface area contributed by atoms with Crippen LogP contribution in [0.5, 0.6) is 0 Å². The molecule has 0 bridgehead atoms. The van der Waals surface area contributed by atoms with E-state index in [-0.39, 0.29) is 6.04 Å². The lowest BCUT2D eigenvalue weighted by Gasteiger charge is -2.35. The summed E-state index contributed by atoms with van der Waals surface area (Å²) in [5, 5.41) is 0. The monoisotopic (exact) mass is 260 g/mol. The zero-order valence-corrected chi connectivity index (χ0v) is 12.4. The average Bonchev–Trinajstić information content (AvgIpc) is 2.38. The van der Waals surface area contributed by atoms with E-state index < -0.39 is 0 Å². The fraction of sp³-hybridized carbons (Fsp3) is 0.647. The van der Waals surface area contributed by atoms with Crippen molar-refractivity contribution < 1.29 is 0 Å². The number of nitrogens with two attached hydrogens (primary N) is 1. The van der Waals surface area contributed by atoms with Gasteiger partial charge in [0.15, 0.2) is 0 Å². The summed E-state index contributed by atoms with van der Waals surface area (Å²) < 4.78 is 0. The van der Waals surface area contributed by atoms with E-state index >= 15 is 0 Å². The van der Waals surface area contributed by atoms with Gasteiger partial charge >= 0.3 is 0 Å². The van der Waals surface area contributed by atoms with Gasteiger partial charge in [0.05, 0.1) is 0 Å². The standard InChI is InChI=1S/C17H28N2/c1-14-11-15(2)13-19(12-14)10-6-9-17(18)16-7-4-3-5-8-16/h3-5,7-8,14-15,17H,6,9-13,18H2,1-2H3. The van der Waals surface area contributed by atoms with E-state index in [1.54, 1.807) is 0 Å². The number of nitrogens with zero attached hydrogens (tertiary/aromatic N) is 1. The maximum Gasteiger partial charge on any atom is 0.0295 e. The predicted octanol–water partition coefficient (Wildman–Crippen LogP) is 3.44. The van der Waals surface area contributed by atoms with Gasteiger partial charge < -0.3 is 10.6 Å². The quantitative estimate of drug-likeness (QED) is 0.878. The Morgan fingerprint density at radius 2 is 1.79 bits per heavy atom. The van der Waals surface area contributed by atoms with Gasteiger partial charge in [-0.15, -0.1) is 0 Å². The van der Waals surface area contributed by atoms with E-state index in [9.17, 15) is 0 Å². The third-order valence-corrected chi connectivity index (χ3v) is 4.16. The SMILES string of the molecule is CC1CC(C)CN(CCCC(N)c2ccccc2)C1. The maximum atomic E-state index is 6.25. The van der Waals surface area contributed by atoms with Crippen molar-refractivity contribution in [3.8, 4) is 0 Å². The lowest BCUT2D eigenvalue weighted by molar-refractivity contribution is 0.138. The first-order valence-electron chi connectivity index (χ1n) is 7.68. The smallest absolute Gasteiger partial charge is 0.0295 e. The van der Waals surface area contributed by atoms with E-state index in [0.29, 0.717) is 0 Å². The highest BCUT2D eigenvalue weighted by Gasteiger charge is 2.21. The molecule has 1 aromatic carbocycles. The van der Waals surface area contributed by atoms with Crippen molar-refractivity contribution in [3.63, 3.8) is 0 Å². The fourth-order valence-corrected chi connectivity index (χ4v) is 3.38. The minimum absolute atomic E-state index is 0.195. The average molecular weight is 260 g/mol. The van der Waals surface area contributed by atoms with Crippen LogP contribution in [0.3, 0.4) is 0 Å². The molecule has 1 aromatic rings. The first-order valence-corrected chi connectivity index (χ1v) is 7.68. The first kappa shape index (κ1) is 14.5. The van der Waals surface area contributed by atoms with Gasteiger partial charge in [-0.1, -0.05) is 44.2 Å². The highest BCUT2D eigenvalue weighted by atomic mass is 15.1. The summed E-state index contributed by atoms with van der Waals surface area (Å²) in [6.07, 6.45) is 3.68. The second-order valence-corrected chi connectivity index (χ2v) is 6.37. The molecule has 1 aliphatic heterocycles. The molecule has 1 fully saturated rings. The van der Waals surface area contributed by atoms with Gasteiger partial charge in [0.25, 0.3) is 0 Å². The second kappa shape index (κ2) is 7.06. The molecule has 0 spiro atoms. The number of rotatable bonds is 5. The zero-order valence-electron chi connectivity index (χ0n) is 12.4. The molecule has 0 amide bonds. The van der Waals surface area contributed by atoms with Crippen molar-refractivity contribution >= 4 is 0 Å². The molecule has 3 unspecified atom stereocenters. The third kappa shape index (κ3) is 4.63. The topological polar surface area (TPSA) is 29.3 Å². The zero-order chi connectivity index (χ0) is 13.7. The van der Waals surface area contributed by atoms with Crippen LogP contribution in [0.15, 0.2) is 30.3 Å². The van der Waals surface area contributed by atoms with Crippen LogP contribution in [0.1, 0.15) is 44.7 Å². The van der Waals surface area contributed by atoms with E-state index in [0.717, 1.165) is 18.3 Å². The van der Waals surface area contributed by atoms with Crippen LogP contribution in [-0.2, 0) is 0 Å². The second-order valence-electron chi connectivity index (χ2n) is 6.37. The molecule has 2 rings (SSSR count). The van der Waals surface area contributed by atoms with Crippen LogP contribution in [0.4, 0.5) is 0 Å². The molecular formula is C17H28N2.